The average molecular weight is 369 g/mol. The standard InChI is InChI=1S/C16H15BrClNO2/c1-19(2)16(20)15(11-6-4-3-5-7-11)21-14-9-8-12(17)10-13(14)18/h3-10,15H,1-2H3/t15-/m0/s1. The van der Waals surface area contributed by atoms with Gasteiger partial charge in [0, 0.05) is 24.1 Å². The van der Waals surface area contributed by atoms with Crippen molar-refractivity contribution in [1.29, 1.82) is 0 Å². The number of halogens is 2. The van der Waals surface area contributed by atoms with Gasteiger partial charge in [-0.05, 0) is 18.2 Å². The minimum atomic E-state index is -0.722. The molecule has 1 amide bonds. The van der Waals surface area contributed by atoms with E-state index in [1.54, 1.807) is 26.2 Å². The number of carbonyl (C=O) groups excluding carboxylic acids is 1. The molecule has 0 aliphatic heterocycles. The molecular formula is C16H15BrClNO2. The second-order valence-corrected chi connectivity index (χ2v) is 6.04. The Bertz CT molecular complexity index is 631. The minimum absolute atomic E-state index is 0.139. The second kappa shape index (κ2) is 6.96. The van der Waals surface area contributed by atoms with Gasteiger partial charge in [-0.2, -0.15) is 0 Å². The Morgan fingerprint density at radius 1 is 1.19 bits per heavy atom. The Morgan fingerprint density at radius 2 is 1.86 bits per heavy atom. The first kappa shape index (κ1) is 15.9. The van der Waals surface area contributed by atoms with Crippen molar-refractivity contribution in [1.82, 2.24) is 4.90 Å². The van der Waals surface area contributed by atoms with Gasteiger partial charge in [0.2, 0.25) is 6.10 Å². The summed E-state index contributed by atoms with van der Waals surface area (Å²) in [4.78, 5) is 13.9. The van der Waals surface area contributed by atoms with Crippen LogP contribution >= 0.6 is 27.5 Å². The molecule has 0 aliphatic carbocycles. The van der Waals surface area contributed by atoms with E-state index in [2.05, 4.69) is 15.9 Å². The summed E-state index contributed by atoms with van der Waals surface area (Å²) in [6.45, 7) is 0. The second-order valence-electron chi connectivity index (χ2n) is 4.72. The molecule has 0 fully saturated rings. The fourth-order valence-electron chi connectivity index (χ4n) is 1.82. The maximum absolute atomic E-state index is 12.4. The van der Waals surface area contributed by atoms with Gasteiger partial charge in [-0.3, -0.25) is 4.79 Å². The number of nitrogens with zero attached hydrogens (tertiary/aromatic N) is 1. The maximum Gasteiger partial charge on any atom is 0.267 e. The molecule has 21 heavy (non-hydrogen) atoms. The average Bonchev–Trinajstić information content (AvgIpc) is 2.46. The van der Waals surface area contributed by atoms with Gasteiger partial charge in [0.1, 0.15) is 5.75 Å². The monoisotopic (exact) mass is 367 g/mol. The van der Waals surface area contributed by atoms with Crippen LogP contribution in [-0.2, 0) is 4.79 Å². The third-order valence-corrected chi connectivity index (χ3v) is 3.69. The van der Waals surface area contributed by atoms with Gasteiger partial charge < -0.3 is 9.64 Å². The number of amides is 1. The highest BCUT2D eigenvalue weighted by atomic mass is 79.9. The lowest BCUT2D eigenvalue weighted by Crippen LogP contribution is -2.31. The molecular weight excluding hydrogens is 354 g/mol. The lowest BCUT2D eigenvalue weighted by atomic mass is 10.1. The third kappa shape index (κ3) is 3.99. The van der Waals surface area contributed by atoms with E-state index in [1.807, 2.05) is 36.4 Å². The third-order valence-electron chi connectivity index (χ3n) is 2.91. The van der Waals surface area contributed by atoms with E-state index >= 15 is 0 Å². The summed E-state index contributed by atoms with van der Waals surface area (Å²) in [7, 11) is 3.40. The van der Waals surface area contributed by atoms with Crippen LogP contribution in [0, 0.1) is 0 Å². The number of hydrogen-bond donors (Lipinski definition) is 0. The minimum Gasteiger partial charge on any atom is -0.474 e. The van der Waals surface area contributed by atoms with Crippen LogP contribution in [0.5, 0.6) is 5.75 Å². The van der Waals surface area contributed by atoms with Crippen molar-refractivity contribution in [2.24, 2.45) is 0 Å². The molecule has 2 aromatic carbocycles. The summed E-state index contributed by atoms with van der Waals surface area (Å²) >= 11 is 9.51. The zero-order chi connectivity index (χ0) is 15.4. The Balaban J connectivity index is 2.34. The molecule has 0 N–H and O–H groups in total. The van der Waals surface area contributed by atoms with Gasteiger partial charge in [0.15, 0.2) is 0 Å². The van der Waals surface area contributed by atoms with E-state index < -0.39 is 6.10 Å². The Morgan fingerprint density at radius 3 is 2.43 bits per heavy atom. The highest BCUT2D eigenvalue weighted by Gasteiger charge is 2.25. The van der Waals surface area contributed by atoms with Crippen LogP contribution in [0.1, 0.15) is 11.7 Å². The van der Waals surface area contributed by atoms with Gasteiger partial charge in [-0.1, -0.05) is 57.9 Å². The molecule has 0 aromatic heterocycles. The quantitative estimate of drug-likeness (QED) is 0.805. The molecule has 0 bridgehead atoms. The fraction of sp³-hybridized carbons (Fsp3) is 0.188. The topological polar surface area (TPSA) is 29.5 Å². The van der Waals surface area contributed by atoms with Crippen molar-refractivity contribution in [2.75, 3.05) is 14.1 Å². The molecule has 110 valence electrons. The molecule has 0 aliphatic rings. The molecule has 0 radical (unpaired) electrons. The van der Waals surface area contributed by atoms with Crippen LogP contribution in [0.4, 0.5) is 0 Å². The zero-order valence-corrected chi connectivity index (χ0v) is 14.1. The van der Waals surface area contributed by atoms with Crippen molar-refractivity contribution >= 4 is 33.4 Å². The Kier molecular flexibility index (Phi) is 5.26. The molecule has 0 unspecified atom stereocenters. The number of likely N-dealkylation sites (N-methyl/N-ethyl adjacent to an activating group) is 1. The molecule has 1 atom stereocenters. The van der Waals surface area contributed by atoms with Gasteiger partial charge in [0.05, 0.1) is 5.02 Å². The highest BCUT2D eigenvalue weighted by molar-refractivity contribution is 9.10. The molecule has 0 saturated heterocycles. The molecule has 0 heterocycles. The largest absolute Gasteiger partial charge is 0.474 e. The van der Waals surface area contributed by atoms with Crippen LogP contribution in [0.2, 0.25) is 5.02 Å². The lowest BCUT2D eigenvalue weighted by Gasteiger charge is -2.22. The fourth-order valence-corrected chi connectivity index (χ4v) is 2.54. The number of benzene rings is 2. The highest BCUT2D eigenvalue weighted by Crippen LogP contribution is 2.32. The summed E-state index contributed by atoms with van der Waals surface area (Å²) < 4.78 is 6.72. The molecule has 3 nitrogen and oxygen atoms in total. The van der Waals surface area contributed by atoms with Gasteiger partial charge in [-0.15, -0.1) is 0 Å². The smallest absolute Gasteiger partial charge is 0.267 e. The van der Waals surface area contributed by atoms with Crippen LogP contribution in [0.3, 0.4) is 0 Å². The predicted octanol–water partition coefficient (Wildman–Crippen LogP) is 4.31. The molecule has 0 saturated carbocycles. The van der Waals surface area contributed by atoms with Crippen molar-refractivity contribution in [3.63, 3.8) is 0 Å². The first-order valence-electron chi connectivity index (χ1n) is 6.37. The summed E-state index contributed by atoms with van der Waals surface area (Å²) in [6, 6.07) is 14.7. The SMILES string of the molecule is CN(C)C(=O)[C@@H](Oc1ccc(Br)cc1Cl)c1ccccc1. The van der Waals surface area contributed by atoms with E-state index in [-0.39, 0.29) is 5.91 Å². The van der Waals surface area contributed by atoms with E-state index in [0.717, 1.165) is 10.0 Å². The van der Waals surface area contributed by atoms with E-state index in [1.165, 1.54) is 4.90 Å². The van der Waals surface area contributed by atoms with E-state index in [0.29, 0.717) is 10.8 Å². The zero-order valence-electron chi connectivity index (χ0n) is 11.7. The van der Waals surface area contributed by atoms with E-state index in [9.17, 15) is 4.79 Å². The summed E-state index contributed by atoms with van der Waals surface area (Å²) in [5, 5.41) is 0.455. The molecule has 5 heteroatoms. The van der Waals surface area contributed by atoms with Crippen LogP contribution in [0.15, 0.2) is 53.0 Å². The molecule has 0 spiro atoms. The van der Waals surface area contributed by atoms with Gasteiger partial charge >= 0.3 is 0 Å². The van der Waals surface area contributed by atoms with Crippen LogP contribution in [0.25, 0.3) is 0 Å². The van der Waals surface area contributed by atoms with E-state index in [4.69, 9.17) is 16.3 Å². The first-order chi connectivity index (χ1) is 9.99. The predicted molar refractivity (Wildman–Crippen MR) is 87.7 cm³/mol. The normalized spacial score (nSPS) is 11.8. The van der Waals surface area contributed by atoms with Gasteiger partial charge in [0.25, 0.3) is 5.91 Å². The first-order valence-corrected chi connectivity index (χ1v) is 7.54. The maximum atomic E-state index is 12.4. The van der Waals surface area contributed by atoms with Gasteiger partial charge in [-0.25, -0.2) is 0 Å². The van der Waals surface area contributed by atoms with Crippen molar-refractivity contribution < 1.29 is 9.53 Å². The summed E-state index contributed by atoms with van der Waals surface area (Å²) in [5.41, 5.74) is 0.787. The molecule has 2 aromatic rings. The summed E-state index contributed by atoms with van der Waals surface area (Å²) in [5.74, 6) is 0.337. The number of ether oxygens (including phenoxy) is 1. The number of rotatable bonds is 4. The lowest BCUT2D eigenvalue weighted by molar-refractivity contribution is -0.136. The Hall–Kier alpha value is -1.52. The Labute approximate surface area is 137 Å². The number of carbonyl (C=O) groups is 1. The van der Waals surface area contributed by atoms with Crippen LogP contribution in [-0.4, -0.2) is 24.9 Å². The van der Waals surface area contributed by atoms with Crippen LogP contribution < -0.4 is 4.74 Å². The molecule has 2 rings (SSSR count). The van der Waals surface area contributed by atoms with Crippen molar-refractivity contribution in [2.45, 2.75) is 6.10 Å². The van der Waals surface area contributed by atoms with Crippen molar-refractivity contribution in [3.8, 4) is 5.75 Å². The number of hydrogen-bond acceptors (Lipinski definition) is 2. The van der Waals surface area contributed by atoms with Crippen molar-refractivity contribution in [3.05, 3.63) is 63.6 Å². The summed E-state index contributed by atoms with van der Waals surface area (Å²) in [6.07, 6.45) is -0.722.